The highest BCUT2D eigenvalue weighted by Gasteiger charge is 2.21. The monoisotopic (exact) mass is 290 g/mol. The van der Waals surface area contributed by atoms with Gasteiger partial charge in [-0.25, -0.2) is 0 Å². The van der Waals surface area contributed by atoms with E-state index in [-0.39, 0.29) is 0 Å². The molecule has 0 amide bonds. The molecule has 0 saturated carbocycles. The van der Waals surface area contributed by atoms with E-state index < -0.39 is 11.2 Å². The number of rotatable bonds is 5. The van der Waals surface area contributed by atoms with E-state index in [0.717, 1.165) is 22.6 Å². The molecule has 2 aromatic carbocycles. The van der Waals surface area contributed by atoms with E-state index in [1.165, 1.54) is 0 Å². The van der Waals surface area contributed by atoms with Crippen molar-refractivity contribution in [3.05, 3.63) is 59.7 Å². The Morgan fingerprint density at radius 1 is 0.850 bits per heavy atom. The fraction of sp³-hybridized carbons (Fsp3) is 0.188. The molecule has 0 heterocycles. The summed E-state index contributed by atoms with van der Waals surface area (Å²) in [6.07, 6.45) is 0. The van der Waals surface area contributed by atoms with Gasteiger partial charge in [-0.2, -0.15) is 0 Å². The fourth-order valence-electron chi connectivity index (χ4n) is 2.05. The maximum Gasteiger partial charge on any atom is 0.233 e. The maximum atomic E-state index is 11.8. The molecule has 0 N–H and O–H groups in total. The average Bonchev–Trinajstić information content (AvgIpc) is 2.48. The van der Waals surface area contributed by atoms with Crippen LogP contribution in [0, 0.1) is 0 Å². The topological polar surface area (TPSA) is 35.5 Å². The summed E-state index contributed by atoms with van der Waals surface area (Å²) in [5.74, 6) is 0.988. The molecule has 3 nitrogen and oxygen atoms in total. The second-order valence-corrected chi connectivity index (χ2v) is 4.66. The number of methoxy groups -OCH3 is 2. The van der Waals surface area contributed by atoms with Crippen LogP contribution in [0.25, 0.3) is 0 Å². The van der Waals surface area contributed by atoms with Crippen molar-refractivity contribution in [2.24, 2.45) is 0 Å². The molecule has 0 aliphatic rings. The predicted molar refractivity (Wildman–Crippen MR) is 78.7 cm³/mol. The quantitative estimate of drug-likeness (QED) is 0.789. The van der Waals surface area contributed by atoms with Gasteiger partial charge >= 0.3 is 0 Å². The van der Waals surface area contributed by atoms with Crippen LogP contribution in [0.1, 0.15) is 17.0 Å². The third-order valence-corrected chi connectivity index (χ3v) is 3.34. The average molecular weight is 291 g/mol. The normalized spacial score (nSPS) is 10.4. The molecular weight excluding hydrogens is 276 g/mol. The van der Waals surface area contributed by atoms with Gasteiger partial charge < -0.3 is 9.47 Å². The standard InChI is InChI=1S/C16H15ClO3/c1-19-13-7-3-11(4-8-13)15(16(17)18)12-5-9-14(20-2)10-6-12/h3-10,15H,1-2H3. The van der Waals surface area contributed by atoms with E-state index in [9.17, 15) is 4.79 Å². The zero-order chi connectivity index (χ0) is 14.5. The van der Waals surface area contributed by atoms with Crippen LogP contribution in [0.2, 0.25) is 0 Å². The molecule has 2 aromatic rings. The van der Waals surface area contributed by atoms with E-state index in [4.69, 9.17) is 21.1 Å². The van der Waals surface area contributed by atoms with Crippen molar-refractivity contribution < 1.29 is 14.3 Å². The number of carbonyl (C=O) groups is 1. The van der Waals surface area contributed by atoms with Gasteiger partial charge in [-0.15, -0.1) is 0 Å². The van der Waals surface area contributed by atoms with Crippen LogP contribution in [0.5, 0.6) is 11.5 Å². The Hall–Kier alpha value is -2.00. The van der Waals surface area contributed by atoms with Crippen molar-refractivity contribution in [3.8, 4) is 11.5 Å². The predicted octanol–water partition coefficient (Wildman–Crippen LogP) is 3.60. The molecule has 0 aliphatic carbocycles. The minimum atomic E-state index is -0.492. The zero-order valence-electron chi connectivity index (χ0n) is 11.3. The molecule has 0 saturated heterocycles. The first kappa shape index (κ1) is 14.4. The first-order valence-corrected chi connectivity index (χ1v) is 6.50. The minimum Gasteiger partial charge on any atom is -0.497 e. The van der Waals surface area contributed by atoms with Gasteiger partial charge in [0.05, 0.1) is 20.1 Å². The minimum absolute atomic E-state index is 0.416. The van der Waals surface area contributed by atoms with Gasteiger partial charge in [0, 0.05) is 0 Å². The summed E-state index contributed by atoms with van der Waals surface area (Å²) in [6, 6.07) is 14.6. The summed E-state index contributed by atoms with van der Waals surface area (Å²) in [6.45, 7) is 0. The van der Waals surface area contributed by atoms with Crippen LogP contribution in [-0.2, 0) is 4.79 Å². The lowest BCUT2D eigenvalue weighted by molar-refractivity contribution is -0.112. The SMILES string of the molecule is COc1ccc(C(C(=O)Cl)c2ccc(OC)cc2)cc1. The van der Waals surface area contributed by atoms with E-state index in [1.54, 1.807) is 14.2 Å². The van der Waals surface area contributed by atoms with E-state index in [0.29, 0.717) is 0 Å². The highest BCUT2D eigenvalue weighted by atomic mass is 35.5. The third-order valence-electron chi connectivity index (χ3n) is 3.13. The van der Waals surface area contributed by atoms with Crippen LogP contribution >= 0.6 is 11.6 Å². The van der Waals surface area contributed by atoms with Crippen molar-refractivity contribution in [2.75, 3.05) is 14.2 Å². The Balaban J connectivity index is 2.36. The molecule has 0 spiro atoms. The second kappa shape index (κ2) is 6.44. The number of benzene rings is 2. The largest absolute Gasteiger partial charge is 0.497 e. The van der Waals surface area contributed by atoms with Crippen molar-refractivity contribution in [3.63, 3.8) is 0 Å². The van der Waals surface area contributed by atoms with Crippen LogP contribution in [0.3, 0.4) is 0 Å². The van der Waals surface area contributed by atoms with E-state index >= 15 is 0 Å². The van der Waals surface area contributed by atoms with Gasteiger partial charge in [0.25, 0.3) is 0 Å². The molecule has 104 valence electrons. The van der Waals surface area contributed by atoms with Crippen LogP contribution < -0.4 is 9.47 Å². The summed E-state index contributed by atoms with van der Waals surface area (Å²) < 4.78 is 10.2. The molecular formula is C16H15ClO3. The van der Waals surface area contributed by atoms with Crippen molar-refractivity contribution >= 4 is 16.8 Å². The Morgan fingerprint density at radius 3 is 1.45 bits per heavy atom. The molecule has 0 aromatic heterocycles. The van der Waals surface area contributed by atoms with Crippen LogP contribution in [-0.4, -0.2) is 19.5 Å². The molecule has 0 bridgehead atoms. The highest BCUT2D eigenvalue weighted by Crippen LogP contribution is 2.29. The number of hydrogen-bond acceptors (Lipinski definition) is 3. The Labute approximate surface area is 123 Å². The summed E-state index contributed by atoms with van der Waals surface area (Å²) in [4.78, 5) is 11.8. The van der Waals surface area contributed by atoms with Gasteiger partial charge in [-0.05, 0) is 47.0 Å². The molecule has 20 heavy (non-hydrogen) atoms. The van der Waals surface area contributed by atoms with Crippen LogP contribution in [0.15, 0.2) is 48.5 Å². The summed E-state index contributed by atoms with van der Waals surface area (Å²) in [5, 5.41) is -0.416. The molecule has 0 unspecified atom stereocenters. The molecule has 2 rings (SSSR count). The Morgan fingerprint density at radius 2 is 1.20 bits per heavy atom. The van der Waals surface area contributed by atoms with E-state index in [2.05, 4.69) is 0 Å². The number of ether oxygens (including phenoxy) is 2. The Bertz CT molecular complexity index is 528. The first-order chi connectivity index (χ1) is 9.65. The van der Waals surface area contributed by atoms with Gasteiger partial charge in [0.1, 0.15) is 11.5 Å². The highest BCUT2D eigenvalue weighted by molar-refractivity contribution is 6.65. The number of halogens is 1. The molecule has 4 heteroatoms. The molecule has 0 fully saturated rings. The lowest BCUT2D eigenvalue weighted by Crippen LogP contribution is -2.08. The number of hydrogen-bond donors (Lipinski definition) is 0. The molecule has 0 aliphatic heterocycles. The Kier molecular flexibility index (Phi) is 4.64. The summed E-state index contributed by atoms with van der Waals surface area (Å²) >= 11 is 5.76. The van der Waals surface area contributed by atoms with Gasteiger partial charge in [0.15, 0.2) is 0 Å². The third kappa shape index (κ3) is 3.11. The van der Waals surface area contributed by atoms with E-state index in [1.807, 2.05) is 48.5 Å². The molecule has 0 atom stereocenters. The van der Waals surface area contributed by atoms with Gasteiger partial charge in [-0.3, -0.25) is 4.79 Å². The van der Waals surface area contributed by atoms with Crippen molar-refractivity contribution in [2.45, 2.75) is 5.92 Å². The van der Waals surface area contributed by atoms with Crippen LogP contribution in [0.4, 0.5) is 0 Å². The lowest BCUT2D eigenvalue weighted by Gasteiger charge is -2.14. The maximum absolute atomic E-state index is 11.8. The van der Waals surface area contributed by atoms with Gasteiger partial charge in [-0.1, -0.05) is 24.3 Å². The summed E-state index contributed by atoms with van der Waals surface area (Å²) in [7, 11) is 3.20. The smallest absolute Gasteiger partial charge is 0.233 e. The molecule has 0 radical (unpaired) electrons. The van der Waals surface area contributed by atoms with Crippen molar-refractivity contribution in [1.29, 1.82) is 0 Å². The lowest BCUT2D eigenvalue weighted by atomic mass is 9.92. The summed E-state index contributed by atoms with van der Waals surface area (Å²) in [5.41, 5.74) is 1.66. The fourth-order valence-corrected chi connectivity index (χ4v) is 2.30. The second-order valence-electron chi connectivity index (χ2n) is 4.28. The number of carbonyl (C=O) groups excluding carboxylic acids is 1. The van der Waals surface area contributed by atoms with Crippen molar-refractivity contribution in [1.82, 2.24) is 0 Å². The first-order valence-electron chi connectivity index (χ1n) is 6.13. The zero-order valence-corrected chi connectivity index (χ0v) is 12.1. The van der Waals surface area contributed by atoms with Gasteiger partial charge in [0.2, 0.25) is 5.24 Å².